The van der Waals surface area contributed by atoms with Crippen LogP contribution in [0.1, 0.15) is 37.7 Å². The van der Waals surface area contributed by atoms with E-state index in [1.165, 1.54) is 0 Å². The van der Waals surface area contributed by atoms with E-state index >= 15 is 0 Å². The highest BCUT2D eigenvalue weighted by Crippen LogP contribution is 2.41. The molecule has 2 amide bonds. The van der Waals surface area contributed by atoms with Crippen molar-refractivity contribution >= 4 is 23.2 Å². The van der Waals surface area contributed by atoms with E-state index in [0.29, 0.717) is 49.6 Å². The number of piperidine rings is 1. The molecule has 198 valence electrons. The molecule has 3 aliphatic rings. The van der Waals surface area contributed by atoms with Crippen LogP contribution in [-0.4, -0.2) is 49.4 Å². The fourth-order valence-electron chi connectivity index (χ4n) is 5.32. The summed E-state index contributed by atoms with van der Waals surface area (Å²) in [6.07, 6.45) is -2.82. The minimum Gasteiger partial charge on any atom is -0.484 e. The lowest BCUT2D eigenvalue weighted by molar-refractivity contribution is -0.164. The van der Waals surface area contributed by atoms with Gasteiger partial charge in [-0.1, -0.05) is 12.1 Å². The fraction of sp³-hybridized carbons (Fsp3) is 0.481. The van der Waals surface area contributed by atoms with E-state index in [1.807, 2.05) is 31.2 Å². The van der Waals surface area contributed by atoms with Crippen LogP contribution >= 0.6 is 0 Å². The van der Waals surface area contributed by atoms with Gasteiger partial charge in [-0.25, -0.2) is 0 Å². The lowest BCUT2D eigenvalue weighted by Gasteiger charge is -2.35. The Balaban J connectivity index is 1.37. The third kappa shape index (κ3) is 5.60. The molecule has 1 spiro atoms. The van der Waals surface area contributed by atoms with Gasteiger partial charge in [-0.05, 0) is 67.3 Å². The zero-order valence-electron chi connectivity index (χ0n) is 20.5. The van der Waals surface area contributed by atoms with Crippen LogP contribution in [0.4, 0.5) is 24.5 Å². The molecule has 2 fully saturated rings. The first-order chi connectivity index (χ1) is 17.6. The van der Waals surface area contributed by atoms with E-state index in [9.17, 15) is 22.8 Å². The molecule has 2 unspecified atom stereocenters. The van der Waals surface area contributed by atoms with Gasteiger partial charge in [0, 0.05) is 24.4 Å². The number of alkyl halides is 3. The highest BCUT2D eigenvalue weighted by atomic mass is 19.4. The van der Waals surface area contributed by atoms with E-state index in [1.54, 1.807) is 12.1 Å². The van der Waals surface area contributed by atoms with Crippen molar-refractivity contribution in [1.29, 1.82) is 0 Å². The molecule has 3 aliphatic heterocycles. The van der Waals surface area contributed by atoms with Crippen LogP contribution in [0.15, 0.2) is 36.4 Å². The zero-order valence-corrected chi connectivity index (χ0v) is 20.5. The molecule has 3 heterocycles. The normalized spacial score (nSPS) is 23.4. The molecular formula is C27H30F3N3O4. The quantitative estimate of drug-likeness (QED) is 0.544. The summed E-state index contributed by atoms with van der Waals surface area (Å²) >= 11 is 0. The van der Waals surface area contributed by atoms with Crippen molar-refractivity contribution in [2.75, 3.05) is 30.4 Å². The summed E-state index contributed by atoms with van der Waals surface area (Å²) in [7, 11) is 0. The summed E-state index contributed by atoms with van der Waals surface area (Å²) in [5.74, 6) is -0.662. The van der Waals surface area contributed by atoms with Crippen molar-refractivity contribution in [3.05, 3.63) is 42.0 Å². The molecule has 2 aromatic rings. The number of carbonyl (C=O) groups excluding carboxylic acids is 2. The van der Waals surface area contributed by atoms with Gasteiger partial charge in [0.1, 0.15) is 17.4 Å². The second kappa shape index (κ2) is 9.98. The van der Waals surface area contributed by atoms with E-state index in [4.69, 9.17) is 9.47 Å². The molecular weight excluding hydrogens is 487 g/mol. The number of ether oxygens (including phenoxy) is 2. The van der Waals surface area contributed by atoms with Crippen molar-refractivity contribution in [2.45, 2.75) is 56.8 Å². The second-order valence-electron chi connectivity index (χ2n) is 10.1. The molecule has 10 heteroatoms. The van der Waals surface area contributed by atoms with E-state index in [0.717, 1.165) is 16.7 Å². The maximum absolute atomic E-state index is 13.1. The summed E-state index contributed by atoms with van der Waals surface area (Å²) in [5.41, 5.74) is 3.14. The molecule has 5 rings (SSSR count). The van der Waals surface area contributed by atoms with Crippen LogP contribution in [-0.2, 0) is 14.3 Å². The number of benzene rings is 2. The van der Waals surface area contributed by atoms with Crippen molar-refractivity contribution in [3.63, 3.8) is 0 Å². The maximum Gasteiger partial charge on any atom is 0.403 e. The molecule has 2 atom stereocenters. The number of fused-ring (bicyclic) bond motifs is 1. The number of rotatable bonds is 3. The van der Waals surface area contributed by atoms with Gasteiger partial charge in [0.2, 0.25) is 11.8 Å². The Bertz CT molecular complexity index is 1190. The predicted octanol–water partition coefficient (Wildman–Crippen LogP) is 4.80. The molecule has 0 aromatic heterocycles. The molecule has 0 aliphatic carbocycles. The van der Waals surface area contributed by atoms with Crippen LogP contribution in [0.3, 0.4) is 0 Å². The minimum atomic E-state index is -4.38. The van der Waals surface area contributed by atoms with Gasteiger partial charge >= 0.3 is 6.18 Å². The van der Waals surface area contributed by atoms with Crippen LogP contribution in [0.25, 0.3) is 11.1 Å². The Morgan fingerprint density at radius 1 is 1.14 bits per heavy atom. The van der Waals surface area contributed by atoms with Crippen molar-refractivity contribution in [3.8, 4) is 16.9 Å². The van der Waals surface area contributed by atoms with Gasteiger partial charge in [0.15, 0.2) is 0 Å². The lowest BCUT2D eigenvalue weighted by Crippen LogP contribution is -2.49. The molecule has 2 saturated heterocycles. The first kappa shape index (κ1) is 25.5. The number of aryl methyl sites for hydroxylation is 1. The summed E-state index contributed by atoms with van der Waals surface area (Å²) in [5, 5.41) is 8.19. The summed E-state index contributed by atoms with van der Waals surface area (Å²) in [6, 6.07) is 9.31. The largest absolute Gasteiger partial charge is 0.484 e. The molecule has 0 bridgehead atoms. The Kier molecular flexibility index (Phi) is 6.89. The summed E-state index contributed by atoms with van der Waals surface area (Å²) in [6.45, 7) is 3.14. The third-order valence-corrected chi connectivity index (χ3v) is 7.45. The maximum atomic E-state index is 13.1. The zero-order chi connectivity index (χ0) is 26.2. The van der Waals surface area contributed by atoms with Crippen LogP contribution in [0.2, 0.25) is 0 Å². The number of carbonyl (C=O) groups is 2. The molecule has 0 saturated carbocycles. The van der Waals surface area contributed by atoms with Crippen molar-refractivity contribution in [2.24, 2.45) is 5.92 Å². The number of hydrogen-bond donors (Lipinski definition) is 3. The average molecular weight is 518 g/mol. The van der Waals surface area contributed by atoms with Gasteiger partial charge < -0.3 is 25.4 Å². The van der Waals surface area contributed by atoms with Crippen LogP contribution in [0.5, 0.6) is 5.75 Å². The molecule has 0 radical (unpaired) electrons. The summed E-state index contributed by atoms with van der Waals surface area (Å²) < 4.78 is 51.3. The highest BCUT2D eigenvalue weighted by molar-refractivity contribution is 5.95. The Hall–Kier alpha value is -3.11. The van der Waals surface area contributed by atoms with E-state index in [-0.39, 0.29) is 25.3 Å². The highest BCUT2D eigenvalue weighted by Gasteiger charge is 2.44. The van der Waals surface area contributed by atoms with E-state index in [2.05, 4.69) is 16.0 Å². The SMILES string of the molecule is Cc1ccc(NC(=O)C2CCNC(C(F)(F)F)C2)cc1-c1ccc2c(c1)OC1(CCOCC1)CC(=O)N2. The Labute approximate surface area is 213 Å². The first-order valence-corrected chi connectivity index (χ1v) is 12.5. The van der Waals surface area contributed by atoms with Crippen molar-refractivity contribution in [1.82, 2.24) is 5.32 Å². The number of hydrogen-bond acceptors (Lipinski definition) is 5. The lowest BCUT2D eigenvalue weighted by atomic mass is 9.90. The Morgan fingerprint density at radius 3 is 2.68 bits per heavy atom. The molecule has 3 N–H and O–H groups in total. The van der Waals surface area contributed by atoms with Crippen molar-refractivity contribution < 1.29 is 32.2 Å². The molecule has 2 aromatic carbocycles. The average Bonchev–Trinajstić information content (AvgIpc) is 2.99. The van der Waals surface area contributed by atoms with Gasteiger partial charge in [0.05, 0.1) is 25.3 Å². The van der Waals surface area contributed by atoms with Gasteiger partial charge in [-0.2, -0.15) is 13.2 Å². The minimum absolute atomic E-state index is 0.0973. The number of amides is 2. The Morgan fingerprint density at radius 2 is 1.92 bits per heavy atom. The van der Waals surface area contributed by atoms with Gasteiger partial charge in [0.25, 0.3) is 0 Å². The van der Waals surface area contributed by atoms with Crippen LogP contribution in [0, 0.1) is 12.8 Å². The van der Waals surface area contributed by atoms with Gasteiger partial charge in [-0.15, -0.1) is 0 Å². The number of nitrogens with one attached hydrogen (secondary N) is 3. The third-order valence-electron chi connectivity index (χ3n) is 7.45. The topological polar surface area (TPSA) is 88.7 Å². The second-order valence-corrected chi connectivity index (χ2v) is 10.1. The molecule has 7 nitrogen and oxygen atoms in total. The standard InChI is InChI=1S/C27H30F3N3O4/c1-16-2-4-19(32-25(35)18-6-9-31-23(13-18)27(28,29)30)14-20(16)17-3-5-21-22(12-17)37-26(15-24(34)33-21)7-10-36-11-8-26/h2-5,12,14,18,23,31H,6-11,13,15H2,1H3,(H,32,35)(H,33,34). The number of halogens is 3. The molecule has 37 heavy (non-hydrogen) atoms. The van der Waals surface area contributed by atoms with E-state index < -0.39 is 29.6 Å². The monoisotopic (exact) mass is 517 g/mol. The predicted molar refractivity (Wildman–Crippen MR) is 132 cm³/mol. The van der Waals surface area contributed by atoms with Gasteiger partial charge in [-0.3, -0.25) is 9.59 Å². The fourth-order valence-corrected chi connectivity index (χ4v) is 5.32. The first-order valence-electron chi connectivity index (χ1n) is 12.5. The number of anilines is 2. The van der Waals surface area contributed by atoms with Crippen LogP contribution < -0.4 is 20.7 Å². The summed E-state index contributed by atoms with van der Waals surface area (Å²) in [4.78, 5) is 25.4. The smallest absolute Gasteiger partial charge is 0.403 e.